The number of ether oxygens (including phenoxy) is 1. The zero-order valence-corrected chi connectivity index (χ0v) is 19.3. The van der Waals surface area contributed by atoms with Crippen LogP contribution in [0.5, 0.6) is 5.75 Å². The average Bonchev–Trinajstić information content (AvgIpc) is 3.47. The van der Waals surface area contributed by atoms with Crippen LogP contribution in [0.2, 0.25) is 0 Å². The summed E-state index contributed by atoms with van der Waals surface area (Å²) in [7, 11) is 0. The maximum atomic E-state index is 13.0. The second-order valence-corrected chi connectivity index (χ2v) is 8.09. The Hall–Kier alpha value is -4.00. The van der Waals surface area contributed by atoms with E-state index in [1.165, 1.54) is 30.1 Å². The summed E-state index contributed by atoms with van der Waals surface area (Å²) in [6.07, 6.45) is 1.52. The average molecular weight is 486 g/mol. The fourth-order valence-corrected chi connectivity index (χ4v) is 3.99. The highest BCUT2D eigenvalue weighted by Gasteiger charge is 2.22. The second-order valence-electron chi connectivity index (χ2n) is 7.18. The first kappa shape index (κ1) is 23.2. The predicted octanol–water partition coefficient (Wildman–Crippen LogP) is 4.25. The summed E-state index contributed by atoms with van der Waals surface area (Å²) in [5.41, 5.74) is 0.830. The van der Waals surface area contributed by atoms with E-state index in [9.17, 15) is 14.5 Å². The van der Waals surface area contributed by atoms with Gasteiger partial charge in [-0.2, -0.15) is 14.9 Å². The van der Waals surface area contributed by atoms with E-state index < -0.39 is 4.92 Å². The van der Waals surface area contributed by atoms with Crippen molar-refractivity contribution in [1.29, 1.82) is 0 Å². The van der Waals surface area contributed by atoms with Crippen LogP contribution in [-0.4, -0.2) is 35.8 Å². The van der Waals surface area contributed by atoms with Crippen LogP contribution in [-0.2, 0) is 12.5 Å². The van der Waals surface area contributed by atoms with Gasteiger partial charge in [0.15, 0.2) is 5.82 Å². The van der Waals surface area contributed by atoms with E-state index in [4.69, 9.17) is 9.15 Å². The number of aromatic nitrogens is 5. The third-order valence-electron chi connectivity index (χ3n) is 4.79. The maximum absolute atomic E-state index is 13.0. The first-order valence-corrected chi connectivity index (χ1v) is 11.0. The molecule has 0 spiro atoms. The summed E-state index contributed by atoms with van der Waals surface area (Å²) >= 11 is 1.29. The minimum atomic E-state index is -0.432. The van der Waals surface area contributed by atoms with Gasteiger partial charge in [0.2, 0.25) is 5.16 Å². The van der Waals surface area contributed by atoms with Gasteiger partial charge in [-0.15, -0.1) is 10.2 Å². The molecule has 176 valence electrons. The number of thioether (sulfide) groups is 1. The Morgan fingerprint density at radius 2 is 1.97 bits per heavy atom. The lowest BCUT2D eigenvalue weighted by Gasteiger charge is -2.04. The summed E-state index contributed by atoms with van der Waals surface area (Å²) in [5, 5.41) is 28.5. The van der Waals surface area contributed by atoms with Crippen molar-refractivity contribution in [3.8, 4) is 5.75 Å². The minimum Gasteiger partial charge on any atom is -0.486 e. The van der Waals surface area contributed by atoms with E-state index in [1.54, 1.807) is 54.4 Å². The highest BCUT2D eigenvalue weighted by molar-refractivity contribution is 7.98. The molecule has 4 rings (SSSR count). The van der Waals surface area contributed by atoms with E-state index in [1.807, 2.05) is 0 Å². The summed E-state index contributed by atoms with van der Waals surface area (Å²) in [5.74, 6) is 2.14. The van der Waals surface area contributed by atoms with Crippen molar-refractivity contribution in [2.45, 2.75) is 38.4 Å². The molecule has 11 nitrogen and oxygen atoms in total. The Morgan fingerprint density at radius 1 is 1.21 bits per heavy atom. The maximum Gasteiger partial charge on any atom is 0.312 e. The van der Waals surface area contributed by atoms with Gasteiger partial charge in [0.1, 0.15) is 41.1 Å². The van der Waals surface area contributed by atoms with Crippen LogP contribution >= 0.6 is 11.8 Å². The zero-order chi connectivity index (χ0) is 24.2. The molecule has 0 saturated heterocycles. The molecule has 0 atom stereocenters. The molecule has 0 unspecified atom stereocenters. The molecule has 3 aromatic heterocycles. The van der Waals surface area contributed by atoms with Crippen LogP contribution in [0.3, 0.4) is 0 Å². The lowest BCUT2D eigenvalue weighted by Crippen LogP contribution is -2.02. The Balaban J connectivity index is 1.41. The second kappa shape index (κ2) is 9.87. The number of rotatable bonds is 9. The largest absolute Gasteiger partial charge is 0.486 e. The van der Waals surface area contributed by atoms with Crippen molar-refractivity contribution >= 4 is 23.7 Å². The van der Waals surface area contributed by atoms with Crippen LogP contribution in [0.1, 0.15) is 28.7 Å². The number of furan rings is 1. The topological polar surface area (TPSA) is 126 Å². The molecule has 0 aliphatic rings. The molecule has 0 amide bonds. The molecule has 34 heavy (non-hydrogen) atoms. The first-order valence-electron chi connectivity index (χ1n) is 10.1. The van der Waals surface area contributed by atoms with Crippen molar-refractivity contribution < 1.29 is 18.5 Å². The molecule has 0 fully saturated rings. The number of nitro groups is 1. The highest BCUT2D eigenvalue weighted by Crippen LogP contribution is 2.25. The fourth-order valence-electron chi connectivity index (χ4n) is 3.10. The van der Waals surface area contributed by atoms with Gasteiger partial charge in [0.05, 0.1) is 17.0 Å². The quantitative estimate of drug-likeness (QED) is 0.149. The van der Waals surface area contributed by atoms with Gasteiger partial charge in [-0.3, -0.25) is 14.8 Å². The molecular formula is C21H20FN7O4S. The van der Waals surface area contributed by atoms with E-state index in [-0.39, 0.29) is 18.1 Å². The number of hydrogen-bond acceptors (Lipinski definition) is 9. The van der Waals surface area contributed by atoms with Gasteiger partial charge >= 0.3 is 5.69 Å². The SMILES string of the molecule is Cc1nn(CSc2nnc(C)n2/N=C\c2ccc(COc3ccc(F)cc3)o2)c(C)c1[N+](=O)[O-]. The number of halogens is 1. The van der Waals surface area contributed by atoms with E-state index >= 15 is 0 Å². The van der Waals surface area contributed by atoms with Crippen molar-refractivity contribution in [2.75, 3.05) is 0 Å². The van der Waals surface area contributed by atoms with Crippen LogP contribution in [0.25, 0.3) is 0 Å². The summed E-state index contributed by atoms with van der Waals surface area (Å²) in [6, 6.07) is 9.23. The van der Waals surface area contributed by atoms with Gasteiger partial charge < -0.3 is 9.15 Å². The van der Waals surface area contributed by atoms with Crippen LogP contribution in [0, 0.1) is 36.7 Å². The summed E-state index contributed by atoms with van der Waals surface area (Å²) in [6.45, 7) is 5.19. The monoisotopic (exact) mass is 485 g/mol. The van der Waals surface area contributed by atoms with Crippen LogP contribution in [0.15, 0.2) is 51.1 Å². The third kappa shape index (κ3) is 5.14. The van der Waals surface area contributed by atoms with E-state index in [0.29, 0.717) is 45.5 Å². The number of benzene rings is 1. The molecule has 0 radical (unpaired) electrons. The van der Waals surface area contributed by atoms with Crippen LogP contribution < -0.4 is 4.74 Å². The molecule has 0 aliphatic heterocycles. The lowest BCUT2D eigenvalue weighted by atomic mass is 10.3. The third-order valence-corrected chi connectivity index (χ3v) is 5.67. The normalized spacial score (nSPS) is 11.4. The number of aryl methyl sites for hydroxylation is 2. The van der Waals surface area contributed by atoms with Gasteiger partial charge in [0, 0.05) is 0 Å². The van der Waals surface area contributed by atoms with Gasteiger partial charge in [-0.1, -0.05) is 11.8 Å². The Labute approximate surface area is 197 Å². The molecule has 4 aromatic rings. The molecule has 1 aromatic carbocycles. The van der Waals surface area contributed by atoms with Crippen molar-refractivity contribution in [3.63, 3.8) is 0 Å². The van der Waals surface area contributed by atoms with Gasteiger partial charge in [0.25, 0.3) is 0 Å². The Kier molecular flexibility index (Phi) is 6.72. The molecule has 0 N–H and O–H groups in total. The number of nitrogens with zero attached hydrogens (tertiary/aromatic N) is 7. The Bertz CT molecular complexity index is 1340. The zero-order valence-electron chi connectivity index (χ0n) is 18.5. The standard InChI is InChI=1S/C21H20FN7O4S/c1-13-20(29(30)31)14(2)27(26-13)12-34-21-25-24-15(3)28(21)23-10-18-8-9-19(33-18)11-32-17-6-4-16(22)5-7-17/h4-10H,11-12H2,1-3H3/b23-10-. The minimum absolute atomic E-state index is 0.00768. The number of hydrogen-bond donors (Lipinski definition) is 0. The van der Waals surface area contributed by atoms with Gasteiger partial charge in [-0.25, -0.2) is 4.39 Å². The molecule has 0 aliphatic carbocycles. The van der Waals surface area contributed by atoms with E-state index in [0.717, 1.165) is 0 Å². The fraction of sp³-hybridized carbons (Fsp3) is 0.238. The van der Waals surface area contributed by atoms with Crippen molar-refractivity contribution in [3.05, 3.63) is 81.1 Å². The summed E-state index contributed by atoms with van der Waals surface area (Å²) in [4.78, 5) is 10.8. The molecule has 0 bridgehead atoms. The van der Waals surface area contributed by atoms with Crippen LogP contribution in [0.4, 0.5) is 10.1 Å². The Morgan fingerprint density at radius 3 is 2.68 bits per heavy atom. The molecule has 13 heteroatoms. The smallest absolute Gasteiger partial charge is 0.312 e. The first-order chi connectivity index (χ1) is 16.3. The molecule has 0 saturated carbocycles. The predicted molar refractivity (Wildman–Crippen MR) is 121 cm³/mol. The molecule has 3 heterocycles. The molecular weight excluding hydrogens is 465 g/mol. The van der Waals surface area contributed by atoms with Crippen molar-refractivity contribution in [2.24, 2.45) is 5.10 Å². The van der Waals surface area contributed by atoms with E-state index in [2.05, 4.69) is 20.4 Å². The highest BCUT2D eigenvalue weighted by atomic mass is 32.2. The van der Waals surface area contributed by atoms with Gasteiger partial charge in [-0.05, 0) is 57.2 Å². The summed E-state index contributed by atoms with van der Waals surface area (Å²) < 4.78 is 27.4. The van der Waals surface area contributed by atoms with Crippen molar-refractivity contribution in [1.82, 2.24) is 24.7 Å². The lowest BCUT2D eigenvalue weighted by molar-refractivity contribution is -0.386.